The van der Waals surface area contributed by atoms with Gasteiger partial charge >= 0.3 is 5.97 Å². The number of H-pyrrole nitrogens is 1. The number of nitrogens with one attached hydrogen (secondary N) is 1. The van der Waals surface area contributed by atoms with Crippen molar-refractivity contribution in [2.24, 2.45) is 7.05 Å². The van der Waals surface area contributed by atoms with Gasteiger partial charge in [-0.15, -0.1) is 0 Å². The van der Waals surface area contributed by atoms with Crippen LogP contribution >= 0.6 is 0 Å². The topological polar surface area (TPSA) is 99.4 Å². The minimum atomic E-state index is -0.958. The number of halogens is 1. The third-order valence-electron chi connectivity index (χ3n) is 8.70. The Labute approximate surface area is 261 Å². The highest BCUT2D eigenvalue weighted by atomic mass is 19.1. The molecule has 6 rings (SSSR count). The Kier molecular flexibility index (Phi) is 7.89. The van der Waals surface area contributed by atoms with Gasteiger partial charge in [-0.3, -0.25) is 9.59 Å². The molecule has 1 aliphatic carbocycles. The molecule has 5 aromatic rings. The lowest BCUT2D eigenvalue weighted by atomic mass is 9.89. The van der Waals surface area contributed by atoms with Gasteiger partial charge in [0.1, 0.15) is 40.0 Å². The van der Waals surface area contributed by atoms with Crippen molar-refractivity contribution in [2.75, 3.05) is 0 Å². The Morgan fingerprint density at radius 1 is 1.07 bits per heavy atom. The van der Waals surface area contributed by atoms with E-state index < -0.39 is 11.6 Å². The number of aromatic amines is 1. The van der Waals surface area contributed by atoms with Gasteiger partial charge in [0.05, 0.1) is 11.6 Å². The number of hydrogen-bond donors (Lipinski definition) is 1. The molecule has 1 aliphatic rings. The molecule has 0 amide bonds. The summed E-state index contributed by atoms with van der Waals surface area (Å²) in [7, 11) is 1.69. The third-order valence-corrected chi connectivity index (χ3v) is 8.70. The van der Waals surface area contributed by atoms with Gasteiger partial charge in [0, 0.05) is 37.2 Å². The van der Waals surface area contributed by atoms with Crippen molar-refractivity contribution >= 4 is 16.9 Å². The van der Waals surface area contributed by atoms with Crippen molar-refractivity contribution in [1.82, 2.24) is 14.5 Å². The lowest BCUT2D eigenvalue weighted by molar-refractivity contribution is -0.154. The van der Waals surface area contributed by atoms with Crippen LogP contribution in [-0.2, 0) is 22.2 Å². The van der Waals surface area contributed by atoms with Crippen molar-refractivity contribution in [3.05, 3.63) is 87.5 Å². The van der Waals surface area contributed by atoms with Crippen LogP contribution in [0.25, 0.3) is 33.6 Å². The van der Waals surface area contributed by atoms with Crippen molar-refractivity contribution in [3.63, 3.8) is 0 Å². The number of aryl methyl sites for hydroxylation is 3. The molecule has 0 radical (unpaired) electrons. The minimum absolute atomic E-state index is 0.208. The number of hydrogen-bond acceptors (Lipinski definition) is 6. The smallest absolute Gasteiger partial charge is 0.303 e. The SMILES string of the molecule is CC(=O)OC(C)(C)c1ccc(Oc2c(C)cc(F)cc2C)c(-c2cn(C)c(=O)c3cc(-c4cnc(C5CCCCC5)[nH]4)oc23)c1. The maximum Gasteiger partial charge on any atom is 0.303 e. The van der Waals surface area contributed by atoms with Crippen LogP contribution in [0.15, 0.2) is 58.0 Å². The predicted molar refractivity (Wildman–Crippen MR) is 171 cm³/mol. The van der Waals surface area contributed by atoms with Gasteiger partial charge < -0.3 is 23.4 Å². The molecule has 0 aliphatic heterocycles. The van der Waals surface area contributed by atoms with E-state index in [0.717, 1.165) is 18.7 Å². The summed E-state index contributed by atoms with van der Waals surface area (Å²) in [6, 6.07) is 10.1. The third kappa shape index (κ3) is 5.91. The number of ether oxygens (including phenoxy) is 2. The first kappa shape index (κ1) is 30.4. The molecule has 9 heteroatoms. The standard InChI is InChI=1S/C36H38FN3O5/c1-20-14-25(37)15-21(2)32(20)43-30-13-12-24(36(4,5)45-22(3)41)16-26(30)28-19-40(6)35(42)27-17-31(44-33(27)28)29-18-38-34(39-29)23-10-8-7-9-11-23/h12-19,23H,7-11H2,1-6H3,(H,38,39). The largest absolute Gasteiger partial charge is 0.456 e. The zero-order chi connectivity index (χ0) is 32.0. The van der Waals surface area contributed by atoms with E-state index in [0.29, 0.717) is 67.7 Å². The fourth-order valence-electron chi connectivity index (χ4n) is 6.41. The average Bonchev–Trinajstić information content (AvgIpc) is 3.65. The number of esters is 1. The highest BCUT2D eigenvalue weighted by Gasteiger charge is 2.28. The van der Waals surface area contributed by atoms with Crippen LogP contribution in [0.3, 0.4) is 0 Å². The summed E-state index contributed by atoms with van der Waals surface area (Å²) in [6.07, 6.45) is 9.33. The summed E-state index contributed by atoms with van der Waals surface area (Å²) in [5.74, 6) is 2.08. The first-order valence-electron chi connectivity index (χ1n) is 15.4. The second-order valence-corrected chi connectivity index (χ2v) is 12.6. The lowest BCUT2D eigenvalue weighted by Gasteiger charge is -2.26. The fourth-order valence-corrected chi connectivity index (χ4v) is 6.41. The first-order chi connectivity index (χ1) is 21.4. The zero-order valence-electron chi connectivity index (χ0n) is 26.5. The van der Waals surface area contributed by atoms with Crippen LogP contribution < -0.4 is 10.3 Å². The Hall–Kier alpha value is -4.66. The molecule has 0 spiro atoms. The van der Waals surface area contributed by atoms with Crippen molar-refractivity contribution in [2.45, 2.75) is 78.2 Å². The van der Waals surface area contributed by atoms with E-state index in [2.05, 4.69) is 9.97 Å². The molecular weight excluding hydrogens is 573 g/mol. The van der Waals surface area contributed by atoms with Crippen LogP contribution in [0.1, 0.15) is 81.3 Å². The van der Waals surface area contributed by atoms with Gasteiger partial charge in [-0.1, -0.05) is 25.3 Å². The number of carbonyl (C=O) groups is 1. The Balaban J connectivity index is 1.52. The number of furan rings is 1. The van der Waals surface area contributed by atoms with Crippen molar-refractivity contribution in [3.8, 4) is 34.1 Å². The molecule has 0 saturated heterocycles. The monoisotopic (exact) mass is 611 g/mol. The van der Waals surface area contributed by atoms with Gasteiger partial charge in [-0.2, -0.15) is 0 Å². The lowest BCUT2D eigenvalue weighted by Crippen LogP contribution is -2.24. The first-order valence-corrected chi connectivity index (χ1v) is 15.4. The fraction of sp³-hybridized carbons (Fsp3) is 0.361. The molecule has 0 bridgehead atoms. The minimum Gasteiger partial charge on any atom is -0.456 e. The highest BCUT2D eigenvalue weighted by Crippen LogP contribution is 2.43. The molecule has 0 unspecified atom stereocenters. The molecule has 1 saturated carbocycles. The van der Waals surface area contributed by atoms with E-state index in [1.54, 1.807) is 45.4 Å². The molecule has 2 aromatic carbocycles. The van der Waals surface area contributed by atoms with E-state index >= 15 is 0 Å². The van der Waals surface area contributed by atoms with E-state index in [9.17, 15) is 14.0 Å². The number of carbonyl (C=O) groups excluding carboxylic acids is 1. The van der Waals surface area contributed by atoms with E-state index in [4.69, 9.17) is 13.9 Å². The Morgan fingerprint density at radius 2 is 1.78 bits per heavy atom. The van der Waals surface area contributed by atoms with Crippen LogP contribution in [-0.4, -0.2) is 20.5 Å². The molecule has 234 valence electrons. The molecular formula is C36H38FN3O5. The van der Waals surface area contributed by atoms with Crippen LogP contribution in [0.5, 0.6) is 11.5 Å². The molecule has 3 aromatic heterocycles. The number of benzene rings is 2. The molecule has 1 N–H and O–H groups in total. The van der Waals surface area contributed by atoms with Crippen LogP contribution in [0, 0.1) is 19.7 Å². The summed E-state index contributed by atoms with van der Waals surface area (Å²) in [4.78, 5) is 33.5. The van der Waals surface area contributed by atoms with E-state index in [1.165, 1.54) is 42.9 Å². The maximum absolute atomic E-state index is 14.1. The average molecular weight is 612 g/mol. The molecule has 0 atom stereocenters. The highest BCUT2D eigenvalue weighted by molar-refractivity contribution is 5.95. The Morgan fingerprint density at radius 3 is 2.47 bits per heavy atom. The molecule has 45 heavy (non-hydrogen) atoms. The number of fused-ring (bicyclic) bond motifs is 1. The number of imidazole rings is 1. The van der Waals surface area contributed by atoms with Gasteiger partial charge in [0.2, 0.25) is 0 Å². The zero-order valence-corrected chi connectivity index (χ0v) is 26.5. The van der Waals surface area contributed by atoms with Gasteiger partial charge in [-0.25, -0.2) is 9.37 Å². The molecule has 1 fully saturated rings. The summed E-state index contributed by atoms with van der Waals surface area (Å²) in [5.41, 5.74) is 3.15. The van der Waals surface area contributed by atoms with E-state index in [1.807, 2.05) is 26.0 Å². The van der Waals surface area contributed by atoms with Gasteiger partial charge in [-0.05, 0) is 87.6 Å². The number of rotatable bonds is 7. The predicted octanol–water partition coefficient (Wildman–Crippen LogP) is 8.58. The second-order valence-electron chi connectivity index (χ2n) is 12.6. The van der Waals surface area contributed by atoms with Crippen molar-refractivity contribution < 1.29 is 23.1 Å². The quantitative estimate of drug-likeness (QED) is 0.185. The van der Waals surface area contributed by atoms with Gasteiger partial charge in [0.25, 0.3) is 5.56 Å². The van der Waals surface area contributed by atoms with Gasteiger partial charge in [0.15, 0.2) is 5.76 Å². The molecule has 8 nitrogen and oxygen atoms in total. The number of aromatic nitrogens is 3. The summed E-state index contributed by atoms with van der Waals surface area (Å²) < 4.78 is 34.3. The number of nitrogens with zero attached hydrogens (tertiary/aromatic N) is 2. The Bertz CT molecular complexity index is 1950. The van der Waals surface area contributed by atoms with Crippen LogP contribution in [0.2, 0.25) is 0 Å². The normalized spacial score (nSPS) is 14.2. The summed E-state index contributed by atoms with van der Waals surface area (Å²) in [6.45, 7) is 8.57. The second kappa shape index (κ2) is 11.7. The van der Waals surface area contributed by atoms with E-state index in [-0.39, 0.29) is 11.4 Å². The molecule has 3 heterocycles. The maximum atomic E-state index is 14.1. The summed E-state index contributed by atoms with van der Waals surface area (Å²) in [5, 5.41) is 0.406. The van der Waals surface area contributed by atoms with Crippen molar-refractivity contribution in [1.29, 1.82) is 0 Å². The number of pyridine rings is 1. The van der Waals surface area contributed by atoms with Crippen LogP contribution in [0.4, 0.5) is 4.39 Å². The summed E-state index contributed by atoms with van der Waals surface area (Å²) >= 11 is 0.